The van der Waals surface area contributed by atoms with Crippen LogP contribution in [0.2, 0.25) is 5.02 Å². The van der Waals surface area contributed by atoms with Gasteiger partial charge in [0, 0.05) is 14.1 Å². The highest BCUT2D eigenvalue weighted by molar-refractivity contribution is 6.33. The third-order valence-electron chi connectivity index (χ3n) is 3.73. The van der Waals surface area contributed by atoms with Crippen LogP contribution in [0.4, 0.5) is 17.2 Å². The van der Waals surface area contributed by atoms with Gasteiger partial charge >= 0.3 is 5.82 Å². The van der Waals surface area contributed by atoms with Crippen LogP contribution in [0.5, 0.6) is 0 Å². The normalized spacial score (nSPS) is 11.5. The molecular formula is C16H17ClN5+. The van der Waals surface area contributed by atoms with Gasteiger partial charge in [0.2, 0.25) is 0 Å². The van der Waals surface area contributed by atoms with Crippen molar-refractivity contribution in [1.82, 2.24) is 4.68 Å². The predicted octanol–water partition coefficient (Wildman–Crippen LogP) is 4.11. The lowest BCUT2D eigenvalue weighted by molar-refractivity contribution is -0.737. The number of aryl methyl sites for hydroxylation is 1. The number of para-hydroxylation sites is 1. The van der Waals surface area contributed by atoms with Gasteiger partial charge in [-0.1, -0.05) is 23.7 Å². The van der Waals surface area contributed by atoms with Crippen molar-refractivity contribution in [1.29, 1.82) is 0 Å². The molecule has 0 spiro atoms. The number of azo groups is 1. The van der Waals surface area contributed by atoms with Crippen molar-refractivity contribution >= 4 is 39.7 Å². The third-order valence-corrected chi connectivity index (χ3v) is 4.05. The molecule has 2 aromatic carbocycles. The van der Waals surface area contributed by atoms with E-state index < -0.39 is 0 Å². The molecule has 0 saturated heterocycles. The first-order valence-corrected chi connectivity index (χ1v) is 7.32. The number of aromatic nitrogens is 2. The van der Waals surface area contributed by atoms with E-state index in [9.17, 15) is 0 Å². The zero-order chi connectivity index (χ0) is 15.7. The van der Waals surface area contributed by atoms with E-state index in [1.165, 1.54) is 0 Å². The molecule has 1 N–H and O–H groups in total. The van der Waals surface area contributed by atoms with Crippen molar-refractivity contribution in [2.45, 2.75) is 0 Å². The van der Waals surface area contributed by atoms with E-state index in [0.29, 0.717) is 5.02 Å². The molecule has 1 heterocycles. The largest absolute Gasteiger partial charge is 0.387 e. The molecule has 0 aliphatic carbocycles. The average Bonchev–Trinajstić information content (AvgIpc) is 2.77. The lowest BCUT2D eigenvalue weighted by Crippen LogP contribution is -2.36. The maximum absolute atomic E-state index is 6.17. The zero-order valence-electron chi connectivity index (χ0n) is 12.7. The maximum Gasteiger partial charge on any atom is 0.378 e. The smallest absolute Gasteiger partial charge is 0.378 e. The number of nitrogens with zero attached hydrogens (tertiary/aromatic N) is 4. The van der Waals surface area contributed by atoms with Crippen molar-refractivity contribution in [2.75, 3.05) is 12.4 Å². The second kappa shape index (κ2) is 5.77. The number of hydrogen-bond donors (Lipinski definition) is 1. The van der Waals surface area contributed by atoms with Crippen LogP contribution < -0.4 is 10.00 Å². The standard InChI is InChI=1S/C16H16ClN5/c1-18-14-9-8-11(10-13(14)17)19-20-16-12-6-4-5-7-15(12)21(2)22(16)3/h4-10H,1-3H3/p+1. The van der Waals surface area contributed by atoms with Crippen LogP contribution in [0.25, 0.3) is 10.9 Å². The van der Waals surface area contributed by atoms with Gasteiger partial charge in [0.1, 0.15) is 12.7 Å². The molecule has 0 aliphatic rings. The van der Waals surface area contributed by atoms with Crippen molar-refractivity contribution in [3.63, 3.8) is 0 Å². The molecule has 112 valence electrons. The van der Waals surface area contributed by atoms with Gasteiger partial charge in [0.05, 0.1) is 26.7 Å². The van der Waals surface area contributed by atoms with E-state index in [1.807, 2.05) is 60.8 Å². The summed E-state index contributed by atoms with van der Waals surface area (Å²) in [6.07, 6.45) is 0. The summed E-state index contributed by atoms with van der Waals surface area (Å²) in [5.41, 5.74) is 2.70. The summed E-state index contributed by atoms with van der Waals surface area (Å²) in [6, 6.07) is 13.7. The average molecular weight is 315 g/mol. The van der Waals surface area contributed by atoms with Crippen LogP contribution in [-0.4, -0.2) is 11.7 Å². The molecule has 0 fully saturated rings. The second-order valence-corrected chi connectivity index (χ2v) is 5.41. The Morgan fingerprint density at radius 1 is 1.14 bits per heavy atom. The summed E-state index contributed by atoms with van der Waals surface area (Å²) in [4.78, 5) is 0. The monoisotopic (exact) mass is 314 g/mol. The molecule has 3 aromatic rings. The third kappa shape index (κ3) is 2.44. The number of anilines is 1. The molecular weight excluding hydrogens is 298 g/mol. The Morgan fingerprint density at radius 3 is 2.64 bits per heavy atom. The van der Waals surface area contributed by atoms with Gasteiger partial charge in [-0.05, 0) is 35.4 Å². The highest BCUT2D eigenvalue weighted by Gasteiger charge is 2.19. The van der Waals surface area contributed by atoms with Crippen LogP contribution in [0.1, 0.15) is 0 Å². The van der Waals surface area contributed by atoms with Crippen LogP contribution >= 0.6 is 11.6 Å². The van der Waals surface area contributed by atoms with Crippen LogP contribution in [0, 0.1) is 0 Å². The maximum atomic E-state index is 6.17. The summed E-state index contributed by atoms with van der Waals surface area (Å²) in [5, 5.41) is 13.4. The summed E-state index contributed by atoms with van der Waals surface area (Å²) in [6.45, 7) is 0. The summed E-state index contributed by atoms with van der Waals surface area (Å²) in [7, 11) is 5.80. The molecule has 6 heteroatoms. The molecule has 3 rings (SSSR count). The fourth-order valence-corrected chi connectivity index (χ4v) is 2.68. The fourth-order valence-electron chi connectivity index (χ4n) is 2.42. The van der Waals surface area contributed by atoms with Gasteiger partial charge in [-0.3, -0.25) is 0 Å². The fraction of sp³-hybridized carbons (Fsp3) is 0.188. The van der Waals surface area contributed by atoms with Crippen LogP contribution in [0.15, 0.2) is 52.7 Å². The summed E-state index contributed by atoms with van der Waals surface area (Å²) in [5.74, 6) is 0.812. The molecule has 5 nitrogen and oxygen atoms in total. The lowest BCUT2D eigenvalue weighted by Gasteiger charge is -2.01. The molecule has 0 aliphatic heterocycles. The van der Waals surface area contributed by atoms with Crippen LogP contribution in [-0.2, 0) is 14.1 Å². The van der Waals surface area contributed by atoms with Crippen LogP contribution in [0.3, 0.4) is 0 Å². The Balaban J connectivity index is 2.03. The van der Waals surface area contributed by atoms with Crippen molar-refractivity contribution < 1.29 is 4.68 Å². The first-order chi connectivity index (χ1) is 10.6. The topological polar surface area (TPSA) is 45.6 Å². The number of rotatable bonds is 3. The molecule has 0 amide bonds. The van der Waals surface area contributed by atoms with E-state index in [2.05, 4.69) is 21.6 Å². The minimum atomic E-state index is 0.626. The molecule has 0 atom stereocenters. The van der Waals surface area contributed by atoms with E-state index in [0.717, 1.165) is 28.1 Å². The quantitative estimate of drug-likeness (QED) is 0.574. The number of halogens is 1. The molecule has 0 radical (unpaired) electrons. The second-order valence-electron chi connectivity index (χ2n) is 5.00. The Bertz CT molecular complexity index is 866. The number of benzene rings is 2. The molecule has 1 aromatic heterocycles. The van der Waals surface area contributed by atoms with Gasteiger partial charge in [-0.15, -0.1) is 0 Å². The Kier molecular flexibility index (Phi) is 3.81. The number of hydrogen-bond acceptors (Lipinski definition) is 3. The lowest BCUT2D eigenvalue weighted by atomic mass is 10.2. The highest BCUT2D eigenvalue weighted by Crippen LogP contribution is 2.29. The van der Waals surface area contributed by atoms with Gasteiger partial charge in [-0.2, -0.15) is 4.68 Å². The Labute approximate surface area is 133 Å². The number of fused-ring (bicyclic) bond motifs is 1. The van der Waals surface area contributed by atoms with Crippen molar-refractivity contribution in [2.24, 2.45) is 24.3 Å². The number of nitrogens with one attached hydrogen (secondary N) is 1. The molecule has 0 saturated carbocycles. The predicted molar refractivity (Wildman–Crippen MR) is 89.3 cm³/mol. The molecule has 0 bridgehead atoms. The van der Waals surface area contributed by atoms with Gasteiger partial charge in [0.25, 0.3) is 0 Å². The zero-order valence-corrected chi connectivity index (χ0v) is 13.5. The van der Waals surface area contributed by atoms with Gasteiger partial charge in [0.15, 0.2) is 0 Å². The minimum absolute atomic E-state index is 0.626. The highest BCUT2D eigenvalue weighted by atomic mass is 35.5. The summed E-state index contributed by atoms with van der Waals surface area (Å²) >= 11 is 6.17. The van der Waals surface area contributed by atoms with E-state index in [4.69, 9.17) is 11.6 Å². The first-order valence-electron chi connectivity index (χ1n) is 6.94. The first kappa shape index (κ1) is 14.5. The van der Waals surface area contributed by atoms with E-state index in [1.54, 1.807) is 6.07 Å². The van der Waals surface area contributed by atoms with Gasteiger partial charge < -0.3 is 5.32 Å². The van der Waals surface area contributed by atoms with Crippen molar-refractivity contribution in [3.8, 4) is 0 Å². The van der Waals surface area contributed by atoms with Crippen molar-refractivity contribution in [3.05, 3.63) is 47.5 Å². The summed E-state index contributed by atoms with van der Waals surface area (Å²) < 4.78 is 4.01. The Morgan fingerprint density at radius 2 is 1.91 bits per heavy atom. The molecule has 0 unspecified atom stereocenters. The van der Waals surface area contributed by atoms with E-state index in [-0.39, 0.29) is 0 Å². The molecule has 22 heavy (non-hydrogen) atoms. The Hall–Kier alpha value is -2.40. The SMILES string of the molecule is CNc1ccc(N=Nc2c3ccccc3n(C)[n+]2C)cc1Cl. The van der Waals surface area contributed by atoms with Gasteiger partial charge in [-0.25, -0.2) is 4.68 Å². The minimum Gasteiger partial charge on any atom is -0.387 e. The van der Waals surface area contributed by atoms with E-state index >= 15 is 0 Å².